The topological polar surface area (TPSA) is 77.0 Å². The van der Waals surface area contributed by atoms with Gasteiger partial charge in [0.05, 0.1) is 11.7 Å². The monoisotopic (exact) mass is 234 g/mol. The van der Waals surface area contributed by atoms with Gasteiger partial charge in [-0.2, -0.15) is 0 Å². The van der Waals surface area contributed by atoms with Crippen molar-refractivity contribution in [1.82, 2.24) is 14.5 Å². The van der Waals surface area contributed by atoms with Gasteiger partial charge in [0.1, 0.15) is 17.4 Å². The lowest BCUT2D eigenvalue weighted by molar-refractivity contribution is 0.156. The highest BCUT2D eigenvalue weighted by molar-refractivity contribution is 5.74. The van der Waals surface area contributed by atoms with Crippen molar-refractivity contribution in [2.24, 2.45) is 5.73 Å². The molecule has 0 bridgehead atoms. The van der Waals surface area contributed by atoms with E-state index in [0.29, 0.717) is 18.8 Å². The van der Waals surface area contributed by atoms with Crippen molar-refractivity contribution in [1.29, 1.82) is 0 Å². The molecule has 1 unspecified atom stereocenters. The van der Waals surface area contributed by atoms with Gasteiger partial charge in [-0.3, -0.25) is 4.98 Å². The molecule has 0 aliphatic rings. The quantitative estimate of drug-likeness (QED) is 0.815. The van der Waals surface area contributed by atoms with Gasteiger partial charge < -0.3 is 15.4 Å². The summed E-state index contributed by atoms with van der Waals surface area (Å²) in [5.41, 5.74) is 7.32. The molecule has 0 aliphatic carbocycles. The van der Waals surface area contributed by atoms with E-state index in [4.69, 9.17) is 5.73 Å². The van der Waals surface area contributed by atoms with E-state index in [1.54, 1.807) is 12.4 Å². The first kappa shape index (κ1) is 12.0. The molecule has 0 amide bonds. The molecular weight excluding hydrogens is 216 g/mol. The number of pyridine rings is 1. The zero-order valence-corrected chi connectivity index (χ0v) is 10.0. The van der Waals surface area contributed by atoms with Gasteiger partial charge in [0.2, 0.25) is 0 Å². The molecule has 5 heteroatoms. The molecule has 3 N–H and O–H groups in total. The van der Waals surface area contributed by atoms with Crippen LogP contribution in [0.15, 0.2) is 18.5 Å². The Hall–Kier alpha value is -1.46. The van der Waals surface area contributed by atoms with Gasteiger partial charge in [0.15, 0.2) is 0 Å². The molecule has 5 nitrogen and oxygen atoms in total. The van der Waals surface area contributed by atoms with E-state index in [2.05, 4.69) is 21.5 Å². The summed E-state index contributed by atoms with van der Waals surface area (Å²) in [6.07, 6.45) is 4.39. The summed E-state index contributed by atoms with van der Waals surface area (Å²) in [5, 5.41) is 10.0. The Bertz CT molecular complexity index is 494. The van der Waals surface area contributed by atoms with Crippen LogP contribution in [0.5, 0.6) is 0 Å². The SMILES string of the molecule is CCCn1c(C(O)CCN)nc2cnccc21. The molecular formula is C12H18N4O. The summed E-state index contributed by atoms with van der Waals surface area (Å²) >= 11 is 0. The number of hydrogen-bond acceptors (Lipinski definition) is 4. The van der Waals surface area contributed by atoms with Crippen LogP contribution in [-0.2, 0) is 6.54 Å². The van der Waals surface area contributed by atoms with Crippen LogP contribution in [-0.4, -0.2) is 26.2 Å². The molecule has 0 aliphatic heterocycles. The summed E-state index contributed by atoms with van der Waals surface area (Å²) in [7, 11) is 0. The molecule has 1 atom stereocenters. The average molecular weight is 234 g/mol. The fraction of sp³-hybridized carbons (Fsp3) is 0.500. The maximum absolute atomic E-state index is 10.0. The van der Waals surface area contributed by atoms with Crippen LogP contribution in [0.2, 0.25) is 0 Å². The van der Waals surface area contributed by atoms with Gasteiger partial charge in [-0.25, -0.2) is 4.98 Å². The predicted octanol–water partition coefficient (Wildman–Crippen LogP) is 1.22. The molecule has 2 aromatic heterocycles. The Labute approximate surface area is 100 Å². The molecule has 2 heterocycles. The lowest BCUT2D eigenvalue weighted by Gasteiger charge is -2.12. The number of nitrogens with zero attached hydrogens (tertiary/aromatic N) is 3. The van der Waals surface area contributed by atoms with E-state index >= 15 is 0 Å². The number of rotatable bonds is 5. The third-order valence-electron chi connectivity index (χ3n) is 2.77. The van der Waals surface area contributed by atoms with E-state index in [-0.39, 0.29) is 0 Å². The highest BCUT2D eigenvalue weighted by Gasteiger charge is 2.16. The average Bonchev–Trinajstić information content (AvgIpc) is 2.70. The van der Waals surface area contributed by atoms with Gasteiger partial charge in [-0.05, 0) is 25.5 Å². The molecule has 2 rings (SSSR count). The van der Waals surface area contributed by atoms with Gasteiger partial charge in [-0.1, -0.05) is 6.92 Å². The van der Waals surface area contributed by atoms with Crippen molar-refractivity contribution in [3.8, 4) is 0 Å². The number of aryl methyl sites for hydroxylation is 1. The minimum Gasteiger partial charge on any atom is -0.385 e. The Morgan fingerprint density at radius 2 is 2.35 bits per heavy atom. The number of fused-ring (bicyclic) bond motifs is 1. The minimum atomic E-state index is -0.598. The highest BCUT2D eigenvalue weighted by atomic mass is 16.3. The first-order chi connectivity index (χ1) is 8.27. The molecule has 0 radical (unpaired) electrons. The summed E-state index contributed by atoms with van der Waals surface area (Å²) in [6.45, 7) is 3.40. The third kappa shape index (κ3) is 2.30. The Kier molecular flexibility index (Phi) is 3.71. The summed E-state index contributed by atoms with van der Waals surface area (Å²) in [4.78, 5) is 8.50. The second-order valence-electron chi connectivity index (χ2n) is 4.08. The first-order valence-corrected chi connectivity index (χ1v) is 5.96. The molecule has 0 saturated heterocycles. The van der Waals surface area contributed by atoms with Gasteiger partial charge in [0.25, 0.3) is 0 Å². The summed E-state index contributed by atoms with van der Waals surface area (Å²) < 4.78 is 2.05. The van der Waals surface area contributed by atoms with Crippen molar-refractivity contribution < 1.29 is 5.11 Å². The molecule has 17 heavy (non-hydrogen) atoms. The summed E-state index contributed by atoms with van der Waals surface area (Å²) in [6, 6.07) is 1.93. The molecule has 0 fully saturated rings. The van der Waals surface area contributed by atoms with Gasteiger partial charge in [0, 0.05) is 12.7 Å². The van der Waals surface area contributed by atoms with Crippen molar-refractivity contribution in [3.63, 3.8) is 0 Å². The largest absolute Gasteiger partial charge is 0.385 e. The maximum Gasteiger partial charge on any atom is 0.138 e. The number of aliphatic hydroxyl groups is 1. The number of imidazole rings is 1. The van der Waals surface area contributed by atoms with Crippen LogP contribution in [0.4, 0.5) is 0 Å². The maximum atomic E-state index is 10.0. The van der Waals surface area contributed by atoms with E-state index in [1.807, 2.05) is 6.07 Å². The number of aliphatic hydroxyl groups excluding tert-OH is 1. The Morgan fingerprint density at radius 3 is 3.06 bits per heavy atom. The smallest absolute Gasteiger partial charge is 0.138 e. The van der Waals surface area contributed by atoms with E-state index in [0.717, 1.165) is 24.0 Å². The van der Waals surface area contributed by atoms with Gasteiger partial charge >= 0.3 is 0 Å². The van der Waals surface area contributed by atoms with Crippen LogP contribution in [0.3, 0.4) is 0 Å². The summed E-state index contributed by atoms with van der Waals surface area (Å²) in [5.74, 6) is 0.695. The predicted molar refractivity (Wildman–Crippen MR) is 66.5 cm³/mol. The van der Waals surface area contributed by atoms with E-state index < -0.39 is 6.10 Å². The van der Waals surface area contributed by atoms with Crippen LogP contribution in [0, 0.1) is 0 Å². The Balaban J connectivity index is 2.49. The fourth-order valence-corrected chi connectivity index (χ4v) is 2.00. The molecule has 92 valence electrons. The van der Waals surface area contributed by atoms with E-state index in [1.165, 1.54) is 0 Å². The number of aromatic nitrogens is 3. The normalized spacial score (nSPS) is 13.1. The third-order valence-corrected chi connectivity index (χ3v) is 2.77. The van der Waals surface area contributed by atoms with Crippen molar-refractivity contribution in [3.05, 3.63) is 24.3 Å². The molecule has 0 spiro atoms. The van der Waals surface area contributed by atoms with Crippen LogP contribution >= 0.6 is 0 Å². The zero-order valence-electron chi connectivity index (χ0n) is 10.0. The second-order valence-corrected chi connectivity index (χ2v) is 4.08. The fourth-order valence-electron chi connectivity index (χ4n) is 2.00. The lowest BCUT2D eigenvalue weighted by atomic mass is 10.2. The molecule has 0 saturated carbocycles. The Morgan fingerprint density at radius 1 is 1.53 bits per heavy atom. The van der Waals surface area contributed by atoms with Crippen molar-refractivity contribution in [2.75, 3.05) is 6.54 Å². The van der Waals surface area contributed by atoms with Gasteiger partial charge in [-0.15, -0.1) is 0 Å². The first-order valence-electron chi connectivity index (χ1n) is 5.96. The highest BCUT2D eigenvalue weighted by Crippen LogP contribution is 2.22. The number of hydrogen-bond donors (Lipinski definition) is 2. The minimum absolute atomic E-state index is 0.453. The second kappa shape index (κ2) is 5.25. The van der Waals surface area contributed by atoms with Crippen LogP contribution in [0.25, 0.3) is 11.0 Å². The van der Waals surface area contributed by atoms with Crippen molar-refractivity contribution >= 4 is 11.0 Å². The zero-order chi connectivity index (χ0) is 12.3. The molecule has 0 aromatic carbocycles. The van der Waals surface area contributed by atoms with Crippen LogP contribution < -0.4 is 5.73 Å². The molecule has 2 aromatic rings. The van der Waals surface area contributed by atoms with Crippen LogP contribution in [0.1, 0.15) is 31.7 Å². The van der Waals surface area contributed by atoms with Crippen molar-refractivity contribution in [2.45, 2.75) is 32.4 Å². The lowest BCUT2D eigenvalue weighted by Crippen LogP contribution is -2.12. The standard InChI is InChI=1S/C12H18N4O/c1-2-7-16-10-4-6-14-8-9(10)15-12(16)11(17)3-5-13/h4,6,8,11,17H,2-3,5,7,13H2,1H3. The number of nitrogens with two attached hydrogens (primary N) is 1. The van der Waals surface area contributed by atoms with E-state index in [9.17, 15) is 5.11 Å².